The summed E-state index contributed by atoms with van der Waals surface area (Å²) in [6, 6.07) is 8.39. The van der Waals surface area contributed by atoms with Crippen LogP contribution in [0.5, 0.6) is 0 Å². The van der Waals surface area contributed by atoms with E-state index in [1.807, 2.05) is 0 Å². The first-order valence-corrected chi connectivity index (χ1v) is 8.43. The van der Waals surface area contributed by atoms with Gasteiger partial charge in [0.25, 0.3) is 17.3 Å². The fraction of sp³-hybridized carbons (Fsp3) is 0.222. The Kier molecular flexibility index (Phi) is 5.03. The number of non-ortho nitro benzene ring substituents is 1. The van der Waals surface area contributed by atoms with Crippen molar-refractivity contribution in [3.05, 3.63) is 67.8 Å². The summed E-state index contributed by atoms with van der Waals surface area (Å²) in [7, 11) is 0. The van der Waals surface area contributed by atoms with Gasteiger partial charge in [-0.05, 0) is 37.6 Å². The molecule has 0 atom stereocenters. The van der Waals surface area contributed by atoms with Gasteiger partial charge in [-0.15, -0.1) is 0 Å². The number of amides is 2. The van der Waals surface area contributed by atoms with E-state index in [9.17, 15) is 29.8 Å². The lowest BCUT2D eigenvalue weighted by atomic mass is 10.0. The van der Waals surface area contributed by atoms with Crippen molar-refractivity contribution in [2.24, 2.45) is 0 Å². The Hall–Kier alpha value is -3.82. The molecule has 1 heterocycles. The van der Waals surface area contributed by atoms with Gasteiger partial charge in [-0.2, -0.15) is 0 Å². The lowest BCUT2D eigenvalue weighted by Gasteiger charge is -2.16. The summed E-state index contributed by atoms with van der Waals surface area (Å²) in [5.41, 5.74) is -0.0451. The molecule has 10 nitrogen and oxygen atoms in total. The minimum Gasteiger partial charge on any atom is -0.322 e. The lowest BCUT2D eigenvalue weighted by molar-refractivity contribution is -0.394. The largest absolute Gasteiger partial charge is 0.322 e. The van der Waals surface area contributed by atoms with E-state index in [2.05, 4.69) is 5.32 Å². The van der Waals surface area contributed by atoms with Crippen LogP contribution >= 0.6 is 0 Å². The third-order valence-electron chi connectivity index (χ3n) is 4.53. The van der Waals surface area contributed by atoms with Crippen LogP contribution in [0.15, 0.2) is 36.4 Å². The van der Waals surface area contributed by atoms with Crippen molar-refractivity contribution in [2.75, 3.05) is 16.8 Å². The van der Waals surface area contributed by atoms with E-state index in [0.717, 1.165) is 18.6 Å². The first-order chi connectivity index (χ1) is 13.3. The number of nitrogens with zero attached hydrogens (tertiary/aromatic N) is 3. The van der Waals surface area contributed by atoms with Crippen molar-refractivity contribution in [3.8, 4) is 0 Å². The summed E-state index contributed by atoms with van der Waals surface area (Å²) in [5.74, 6) is -0.661. The number of nitro groups is 2. The van der Waals surface area contributed by atoms with Crippen LogP contribution in [0, 0.1) is 27.2 Å². The molecule has 0 saturated carbocycles. The number of nitro benzene ring substituents is 2. The second kappa shape index (κ2) is 7.43. The standard InChI is InChI=1S/C18H16N4O6/c1-11-15(9-14(21(25)26)10-16(11)22(27)28)18(24)19-12-4-6-13(7-5-12)20-8-2-3-17(20)23/h4-7,9-10H,2-3,8H2,1H3,(H,19,24). The summed E-state index contributed by atoms with van der Waals surface area (Å²) in [4.78, 5) is 46.6. The third kappa shape index (κ3) is 3.65. The minimum absolute atomic E-state index is 0.0346. The molecular formula is C18H16N4O6. The van der Waals surface area contributed by atoms with Crippen LogP contribution in [0.2, 0.25) is 0 Å². The van der Waals surface area contributed by atoms with Crippen molar-refractivity contribution < 1.29 is 19.4 Å². The summed E-state index contributed by atoms with van der Waals surface area (Å²) < 4.78 is 0. The Morgan fingerprint density at radius 3 is 2.32 bits per heavy atom. The van der Waals surface area contributed by atoms with Gasteiger partial charge in [-0.25, -0.2) is 0 Å². The van der Waals surface area contributed by atoms with Crippen LogP contribution in [0.1, 0.15) is 28.8 Å². The zero-order valence-electron chi connectivity index (χ0n) is 14.9. The highest BCUT2D eigenvalue weighted by Gasteiger charge is 2.25. The normalized spacial score (nSPS) is 13.5. The van der Waals surface area contributed by atoms with E-state index in [0.29, 0.717) is 24.3 Å². The molecule has 2 amide bonds. The Bertz CT molecular complexity index is 986. The number of carbonyl (C=O) groups excluding carboxylic acids is 2. The first-order valence-electron chi connectivity index (χ1n) is 8.43. The molecule has 1 saturated heterocycles. The van der Waals surface area contributed by atoms with Crippen LogP contribution < -0.4 is 10.2 Å². The van der Waals surface area contributed by atoms with Gasteiger partial charge >= 0.3 is 0 Å². The number of benzene rings is 2. The van der Waals surface area contributed by atoms with Gasteiger partial charge in [0, 0.05) is 36.0 Å². The summed E-state index contributed by atoms with van der Waals surface area (Å²) in [6.45, 7) is 2.00. The molecule has 0 radical (unpaired) electrons. The van der Waals surface area contributed by atoms with Crippen LogP contribution in [0.3, 0.4) is 0 Å². The first kappa shape index (κ1) is 19.0. The van der Waals surface area contributed by atoms with Gasteiger partial charge in [0.05, 0.1) is 21.5 Å². The summed E-state index contributed by atoms with van der Waals surface area (Å²) in [5, 5.41) is 24.7. The zero-order valence-corrected chi connectivity index (χ0v) is 14.9. The lowest BCUT2D eigenvalue weighted by Crippen LogP contribution is -2.23. The molecule has 28 heavy (non-hydrogen) atoms. The topological polar surface area (TPSA) is 136 Å². The highest BCUT2D eigenvalue weighted by atomic mass is 16.6. The summed E-state index contributed by atoms with van der Waals surface area (Å²) >= 11 is 0. The van der Waals surface area contributed by atoms with E-state index >= 15 is 0 Å². The molecular weight excluding hydrogens is 368 g/mol. The number of hydrogen-bond donors (Lipinski definition) is 1. The van der Waals surface area contributed by atoms with Crippen molar-refractivity contribution in [1.29, 1.82) is 0 Å². The SMILES string of the molecule is Cc1c(C(=O)Nc2ccc(N3CCCC3=O)cc2)cc([N+](=O)[O-])cc1[N+](=O)[O-]. The van der Waals surface area contributed by atoms with Gasteiger partial charge in [-0.1, -0.05) is 0 Å². The predicted molar refractivity (Wildman–Crippen MR) is 100 cm³/mol. The molecule has 2 aromatic rings. The minimum atomic E-state index is -0.787. The van der Waals surface area contributed by atoms with E-state index in [1.54, 1.807) is 29.2 Å². The highest BCUT2D eigenvalue weighted by Crippen LogP contribution is 2.29. The van der Waals surface area contributed by atoms with Gasteiger partial charge in [-0.3, -0.25) is 29.8 Å². The zero-order chi connectivity index (χ0) is 20.4. The molecule has 0 bridgehead atoms. The number of nitrogens with one attached hydrogen (secondary N) is 1. The quantitative estimate of drug-likeness (QED) is 0.621. The van der Waals surface area contributed by atoms with E-state index < -0.39 is 27.1 Å². The van der Waals surface area contributed by atoms with Crippen molar-refractivity contribution in [1.82, 2.24) is 0 Å². The molecule has 10 heteroatoms. The Morgan fingerprint density at radius 2 is 1.79 bits per heavy atom. The maximum Gasteiger partial charge on any atom is 0.279 e. The second-order valence-electron chi connectivity index (χ2n) is 6.30. The molecule has 1 N–H and O–H groups in total. The Balaban J connectivity index is 1.85. The van der Waals surface area contributed by atoms with Crippen LogP contribution in [-0.2, 0) is 4.79 Å². The van der Waals surface area contributed by atoms with E-state index in [4.69, 9.17) is 0 Å². The van der Waals surface area contributed by atoms with Crippen LogP contribution in [-0.4, -0.2) is 28.2 Å². The molecule has 144 valence electrons. The number of carbonyl (C=O) groups is 2. The average molecular weight is 384 g/mol. The molecule has 0 spiro atoms. The number of hydrogen-bond acceptors (Lipinski definition) is 6. The van der Waals surface area contributed by atoms with E-state index in [-0.39, 0.29) is 17.0 Å². The monoisotopic (exact) mass is 384 g/mol. The fourth-order valence-electron chi connectivity index (χ4n) is 3.06. The van der Waals surface area contributed by atoms with Crippen LogP contribution in [0.4, 0.5) is 22.7 Å². The fourth-order valence-corrected chi connectivity index (χ4v) is 3.06. The van der Waals surface area contributed by atoms with Gasteiger partial charge in [0.1, 0.15) is 0 Å². The highest BCUT2D eigenvalue weighted by molar-refractivity contribution is 6.06. The van der Waals surface area contributed by atoms with Gasteiger partial charge in [0.2, 0.25) is 5.91 Å². The van der Waals surface area contributed by atoms with Crippen molar-refractivity contribution in [3.63, 3.8) is 0 Å². The van der Waals surface area contributed by atoms with Crippen molar-refractivity contribution in [2.45, 2.75) is 19.8 Å². The molecule has 0 aromatic heterocycles. The predicted octanol–water partition coefficient (Wildman–Crippen LogP) is 3.19. The average Bonchev–Trinajstić information content (AvgIpc) is 3.08. The third-order valence-corrected chi connectivity index (χ3v) is 4.53. The van der Waals surface area contributed by atoms with Gasteiger partial charge < -0.3 is 10.2 Å². The number of rotatable bonds is 5. The smallest absolute Gasteiger partial charge is 0.279 e. The molecule has 0 unspecified atom stereocenters. The maximum atomic E-state index is 12.6. The summed E-state index contributed by atoms with van der Waals surface area (Å²) in [6.07, 6.45) is 1.30. The van der Waals surface area contributed by atoms with Crippen molar-refractivity contribution >= 4 is 34.6 Å². The van der Waals surface area contributed by atoms with Gasteiger partial charge in [0.15, 0.2) is 0 Å². The number of anilines is 2. The second-order valence-corrected chi connectivity index (χ2v) is 6.30. The molecule has 1 fully saturated rings. The molecule has 2 aromatic carbocycles. The molecule has 0 aliphatic carbocycles. The Labute approximate surface area is 159 Å². The Morgan fingerprint density at radius 1 is 1.11 bits per heavy atom. The molecule has 1 aliphatic heterocycles. The maximum absolute atomic E-state index is 12.6. The molecule has 1 aliphatic rings. The molecule has 3 rings (SSSR count). The van der Waals surface area contributed by atoms with E-state index in [1.165, 1.54) is 6.92 Å². The van der Waals surface area contributed by atoms with Crippen LogP contribution in [0.25, 0.3) is 0 Å².